The minimum absolute atomic E-state index is 0.152. The fraction of sp³-hybridized carbons (Fsp3) is 0.154. The molecule has 1 amide bonds. The summed E-state index contributed by atoms with van der Waals surface area (Å²) in [5, 5.41) is 16.2. The summed E-state index contributed by atoms with van der Waals surface area (Å²) in [5.74, 6) is -0.0288. The number of phenols is 1. The van der Waals surface area contributed by atoms with E-state index in [-0.39, 0.29) is 27.4 Å². The SMILES string of the molecule is CCOc1cscc1C(=O)Nc1cc(Cl)c(Cl)cc1O. The van der Waals surface area contributed by atoms with Crippen molar-refractivity contribution < 1.29 is 14.6 Å². The molecule has 0 spiro atoms. The predicted octanol–water partition coefficient (Wildman–Crippen LogP) is 4.41. The highest BCUT2D eigenvalue weighted by Crippen LogP contribution is 2.34. The molecular formula is C13H11Cl2NO3S. The molecule has 2 N–H and O–H groups in total. The fourth-order valence-electron chi connectivity index (χ4n) is 1.54. The second kappa shape index (κ2) is 6.35. The van der Waals surface area contributed by atoms with Crippen LogP contribution in [-0.4, -0.2) is 17.6 Å². The van der Waals surface area contributed by atoms with Crippen LogP contribution in [0.25, 0.3) is 0 Å². The van der Waals surface area contributed by atoms with Gasteiger partial charge in [-0.2, -0.15) is 0 Å². The standard InChI is InChI=1S/C13H11Cl2NO3S/c1-2-19-12-6-20-5-7(12)13(18)16-10-3-8(14)9(15)4-11(10)17/h3-6,17H,2H2,1H3,(H,16,18). The van der Waals surface area contributed by atoms with Crippen molar-refractivity contribution in [2.75, 3.05) is 11.9 Å². The van der Waals surface area contributed by atoms with E-state index in [4.69, 9.17) is 27.9 Å². The molecule has 20 heavy (non-hydrogen) atoms. The number of nitrogens with one attached hydrogen (secondary N) is 1. The molecule has 0 aliphatic carbocycles. The molecule has 0 atom stereocenters. The lowest BCUT2D eigenvalue weighted by Gasteiger charge is -2.09. The maximum absolute atomic E-state index is 12.1. The Kier molecular flexibility index (Phi) is 4.75. The topological polar surface area (TPSA) is 58.6 Å². The van der Waals surface area contributed by atoms with Gasteiger partial charge < -0.3 is 15.2 Å². The Hall–Kier alpha value is -1.43. The molecule has 0 bridgehead atoms. The number of carbonyl (C=O) groups excluding carboxylic acids is 1. The smallest absolute Gasteiger partial charge is 0.260 e. The Morgan fingerprint density at radius 1 is 1.35 bits per heavy atom. The summed E-state index contributed by atoms with van der Waals surface area (Å²) in [6, 6.07) is 2.67. The molecule has 0 saturated heterocycles. The second-order valence-corrected chi connectivity index (χ2v) is 5.38. The molecule has 1 heterocycles. The number of benzene rings is 1. The average Bonchev–Trinajstić information content (AvgIpc) is 2.84. The number of hydrogen-bond donors (Lipinski definition) is 2. The number of ether oxygens (including phenoxy) is 1. The number of hydrogen-bond acceptors (Lipinski definition) is 4. The highest BCUT2D eigenvalue weighted by Gasteiger charge is 2.16. The van der Waals surface area contributed by atoms with E-state index in [2.05, 4.69) is 5.32 Å². The average molecular weight is 332 g/mol. The first-order valence-corrected chi connectivity index (χ1v) is 7.41. The van der Waals surface area contributed by atoms with Gasteiger partial charge in [0.15, 0.2) is 0 Å². The molecule has 0 saturated carbocycles. The third kappa shape index (κ3) is 3.17. The number of thiophene rings is 1. The molecule has 1 aromatic heterocycles. The molecule has 0 aliphatic rings. The summed E-state index contributed by atoms with van der Waals surface area (Å²) in [6.45, 7) is 2.30. The number of anilines is 1. The lowest BCUT2D eigenvalue weighted by Crippen LogP contribution is -2.12. The molecule has 4 nitrogen and oxygen atoms in total. The normalized spacial score (nSPS) is 10.3. The summed E-state index contributed by atoms with van der Waals surface area (Å²) < 4.78 is 5.35. The van der Waals surface area contributed by atoms with Crippen LogP contribution >= 0.6 is 34.5 Å². The minimum Gasteiger partial charge on any atom is -0.506 e. The molecule has 2 aromatic rings. The number of halogens is 2. The van der Waals surface area contributed by atoms with Crippen molar-refractivity contribution in [1.29, 1.82) is 0 Å². The van der Waals surface area contributed by atoms with Gasteiger partial charge in [0.2, 0.25) is 0 Å². The van der Waals surface area contributed by atoms with Crippen molar-refractivity contribution in [3.63, 3.8) is 0 Å². The van der Waals surface area contributed by atoms with Crippen molar-refractivity contribution in [3.8, 4) is 11.5 Å². The van der Waals surface area contributed by atoms with Gasteiger partial charge in [-0.25, -0.2) is 0 Å². The molecule has 2 rings (SSSR count). The van der Waals surface area contributed by atoms with E-state index in [0.29, 0.717) is 17.9 Å². The van der Waals surface area contributed by atoms with Gasteiger partial charge in [-0.3, -0.25) is 4.79 Å². The van der Waals surface area contributed by atoms with Gasteiger partial charge in [0, 0.05) is 16.8 Å². The Balaban J connectivity index is 2.23. The van der Waals surface area contributed by atoms with Crippen molar-refractivity contribution in [2.45, 2.75) is 6.92 Å². The summed E-state index contributed by atoms with van der Waals surface area (Å²) in [7, 11) is 0. The minimum atomic E-state index is -0.386. The molecule has 1 aromatic carbocycles. The Morgan fingerprint density at radius 2 is 2.05 bits per heavy atom. The van der Waals surface area contributed by atoms with Crippen LogP contribution in [0.5, 0.6) is 11.5 Å². The Labute approximate surface area is 129 Å². The lowest BCUT2D eigenvalue weighted by molar-refractivity contribution is 0.102. The predicted molar refractivity (Wildman–Crippen MR) is 81.6 cm³/mol. The monoisotopic (exact) mass is 331 g/mol. The highest BCUT2D eigenvalue weighted by atomic mass is 35.5. The fourth-order valence-corrected chi connectivity index (χ4v) is 2.61. The number of aromatic hydroxyl groups is 1. The van der Waals surface area contributed by atoms with Crippen LogP contribution in [0.2, 0.25) is 10.0 Å². The molecule has 0 aliphatic heterocycles. The van der Waals surface area contributed by atoms with Gasteiger partial charge >= 0.3 is 0 Å². The van der Waals surface area contributed by atoms with Gasteiger partial charge in [-0.05, 0) is 13.0 Å². The van der Waals surface area contributed by atoms with Crippen LogP contribution in [0.3, 0.4) is 0 Å². The number of carbonyl (C=O) groups is 1. The third-order valence-electron chi connectivity index (χ3n) is 2.46. The molecule has 0 unspecified atom stereocenters. The van der Waals surface area contributed by atoms with E-state index in [1.807, 2.05) is 6.92 Å². The van der Waals surface area contributed by atoms with Crippen LogP contribution in [0.4, 0.5) is 5.69 Å². The Bertz CT molecular complexity index is 643. The van der Waals surface area contributed by atoms with Crippen LogP contribution < -0.4 is 10.1 Å². The van der Waals surface area contributed by atoms with Crippen molar-refractivity contribution in [2.24, 2.45) is 0 Å². The van der Waals surface area contributed by atoms with E-state index in [9.17, 15) is 9.90 Å². The van der Waals surface area contributed by atoms with Gasteiger partial charge in [0.25, 0.3) is 5.91 Å². The van der Waals surface area contributed by atoms with E-state index < -0.39 is 0 Å². The number of amides is 1. The molecule has 7 heteroatoms. The summed E-state index contributed by atoms with van der Waals surface area (Å²) in [6.07, 6.45) is 0. The van der Waals surface area contributed by atoms with E-state index >= 15 is 0 Å². The van der Waals surface area contributed by atoms with Crippen LogP contribution in [0, 0.1) is 0 Å². The lowest BCUT2D eigenvalue weighted by atomic mass is 10.2. The summed E-state index contributed by atoms with van der Waals surface area (Å²) in [4.78, 5) is 12.1. The summed E-state index contributed by atoms with van der Waals surface area (Å²) in [5.41, 5.74) is 0.598. The zero-order chi connectivity index (χ0) is 14.7. The van der Waals surface area contributed by atoms with Crippen molar-refractivity contribution in [1.82, 2.24) is 0 Å². The first-order chi connectivity index (χ1) is 9.52. The van der Waals surface area contributed by atoms with Crippen molar-refractivity contribution in [3.05, 3.63) is 38.5 Å². The molecule has 0 fully saturated rings. The Morgan fingerprint density at radius 3 is 2.75 bits per heavy atom. The second-order valence-electron chi connectivity index (χ2n) is 3.82. The van der Waals surface area contributed by atoms with Crippen LogP contribution in [-0.2, 0) is 0 Å². The van der Waals surface area contributed by atoms with Gasteiger partial charge in [-0.1, -0.05) is 23.2 Å². The van der Waals surface area contributed by atoms with Crippen LogP contribution in [0.15, 0.2) is 22.9 Å². The molecule has 106 valence electrons. The quantitative estimate of drug-likeness (QED) is 0.815. The number of rotatable bonds is 4. The van der Waals surface area contributed by atoms with E-state index in [1.54, 1.807) is 10.8 Å². The third-order valence-corrected chi connectivity index (χ3v) is 3.90. The highest BCUT2D eigenvalue weighted by molar-refractivity contribution is 7.08. The number of phenolic OH excluding ortho intramolecular Hbond substituents is 1. The van der Waals surface area contributed by atoms with E-state index in [1.165, 1.54) is 23.5 Å². The van der Waals surface area contributed by atoms with E-state index in [0.717, 1.165) is 0 Å². The van der Waals surface area contributed by atoms with Crippen LogP contribution in [0.1, 0.15) is 17.3 Å². The molecular weight excluding hydrogens is 321 g/mol. The first-order valence-electron chi connectivity index (χ1n) is 5.71. The molecule has 0 radical (unpaired) electrons. The zero-order valence-corrected chi connectivity index (χ0v) is 12.8. The summed E-state index contributed by atoms with van der Waals surface area (Å²) >= 11 is 13.0. The van der Waals surface area contributed by atoms with Gasteiger partial charge in [-0.15, -0.1) is 11.3 Å². The van der Waals surface area contributed by atoms with Gasteiger partial charge in [0.05, 0.1) is 27.9 Å². The first kappa shape index (κ1) is 15.0. The maximum Gasteiger partial charge on any atom is 0.260 e. The van der Waals surface area contributed by atoms with Gasteiger partial charge in [0.1, 0.15) is 11.5 Å². The maximum atomic E-state index is 12.1. The van der Waals surface area contributed by atoms with Crippen molar-refractivity contribution >= 4 is 46.1 Å². The largest absolute Gasteiger partial charge is 0.506 e. The zero-order valence-electron chi connectivity index (χ0n) is 10.4.